The molecule has 2 N–H and O–H groups in total. The van der Waals surface area contributed by atoms with Crippen LogP contribution in [0.4, 0.5) is 10.1 Å². The molecule has 0 spiro atoms. The molecule has 106 valence electrons. The van der Waals surface area contributed by atoms with E-state index in [0.29, 0.717) is 26.1 Å². The van der Waals surface area contributed by atoms with Gasteiger partial charge in [-0.1, -0.05) is 0 Å². The normalized spacial score (nSPS) is 17.8. The van der Waals surface area contributed by atoms with Gasteiger partial charge in [0.1, 0.15) is 5.82 Å². The number of rotatable bonds is 3. The maximum Gasteiger partial charge on any atom is 0.243 e. The average molecular weight is 288 g/mol. The third kappa shape index (κ3) is 2.88. The molecule has 1 aromatic carbocycles. The van der Waals surface area contributed by atoms with Crippen molar-refractivity contribution in [1.29, 1.82) is 0 Å². The van der Waals surface area contributed by atoms with Crippen LogP contribution < -0.4 is 5.73 Å². The molecule has 19 heavy (non-hydrogen) atoms. The molecule has 0 amide bonds. The van der Waals surface area contributed by atoms with E-state index in [1.165, 1.54) is 23.5 Å². The minimum absolute atomic E-state index is 0.0623. The zero-order valence-corrected chi connectivity index (χ0v) is 11.5. The van der Waals surface area contributed by atoms with Crippen molar-refractivity contribution in [3.8, 4) is 0 Å². The topological polar surface area (TPSA) is 72.6 Å². The van der Waals surface area contributed by atoms with E-state index in [4.69, 9.17) is 10.5 Å². The minimum atomic E-state index is -3.70. The second kappa shape index (κ2) is 5.44. The number of anilines is 1. The highest BCUT2D eigenvalue weighted by Crippen LogP contribution is 2.23. The van der Waals surface area contributed by atoms with Crippen molar-refractivity contribution < 1.29 is 17.5 Å². The van der Waals surface area contributed by atoms with E-state index in [9.17, 15) is 12.8 Å². The summed E-state index contributed by atoms with van der Waals surface area (Å²) in [6.07, 6.45) is 1.29. The van der Waals surface area contributed by atoms with Crippen LogP contribution in [0.15, 0.2) is 23.1 Å². The van der Waals surface area contributed by atoms with Crippen LogP contribution in [-0.4, -0.2) is 39.0 Å². The van der Waals surface area contributed by atoms with Gasteiger partial charge in [-0.25, -0.2) is 12.8 Å². The highest BCUT2D eigenvalue weighted by atomic mass is 32.2. The van der Waals surface area contributed by atoms with Gasteiger partial charge in [0.15, 0.2) is 0 Å². The number of nitrogens with zero attached hydrogens (tertiary/aromatic N) is 1. The molecular weight excluding hydrogens is 271 g/mol. The standard InChI is InChI=1S/C12H17FN2O3S/c1-15(9-4-6-18-7-5-9)19(16,17)10-2-3-12(14)11(13)8-10/h2-3,8-9H,4-7,14H2,1H3. The van der Waals surface area contributed by atoms with Crippen LogP contribution in [0.1, 0.15) is 12.8 Å². The number of nitrogen functional groups attached to an aromatic ring is 1. The molecule has 1 aromatic rings. The second-order valence-corrected chi connectivity index (χ2v) is 6.55. The lowest BCUT2D eigenvalue weighted by Gasteiger charge is -2.30. The quantitative estimate of drug-likeness (QED) is 0.848. The van der Waals surface area contributed by atoms with E-state index in [1.807, 2.05) is 0 Å². The van der Waals surface area contributed by atoms with Crippen LogP contribution in [0.3, 0.4) is 0 Å². The highest BCUT2D eigenvalue weighted by molar-refractivity contribution is 7.89. The van der Waals surface area contributed by atoms with Crippen LogP contribution in [-0.2, 0) is 14.8 Å². The highest BCUT2D eigenvalue weighted by Gasteiger charge is 2.29. The van der Waals surface area contributed by atoms with E-state index < -0.39 is 15.8 Å². The second-order valence-electron chi connectivity index (χ2n) is 4.55. The van der Waals surface area contributed by atoms with Gasteiger partial charge in [0.25, 0.3) is 0 Å². The van der Waals surface area contributed by atoms with Crippen LogP contribution in [0.25, 0.3) is 0 Å². The Labute approximate surface area is 112 Å². The molecule has 2 rings (SSSR count). The van der Waals surface area contributed by atoms with Crippen molar-refractivity contribution in [2.75, 3.05) is 26.0 Å². The third-order valence-corrected chi connectivity index (χ3v) is 5.26. The van der Waals surface area contributed by atoms with Gasteiger partial charge in [-0.15, -0.1) is 0 Å². The molecule has 1 aliphatic heterocycles. The Morgan fingerprint density at radius 1 is 1.37 bits per heavy atom. The summed E-state index contributed by atoms with van der Waals surface area (Å²) in [5.41, 5.74) is 5.29. The summed E-state index contributed by atoms with van der Waals surface area (Å²) in [5.74, 6) is -0.721. The Balaban J connectivity index is 2.27. The molecule has 0 unspecified atom stereocenters. The minimum Gasteiger partial charge on any atom is -0.396 e. The van der Waals surface area contributed by atoms with Gasteiger partial charge in [-0.3, -0.25) is 0 Å². The van der Waals surface area contributed by atoms with Gasteiger partial charge in [-0.2, -0.15) is 4.31 Å². The van der Waals surface area contributed by atoms with Gasteiger partial charge < -0.3 is 10.5 Å². The average Bonchev–Trinajstić information content (AvgIpc) is 2.41. The van der Waals surface area contributed by atoms with Gasteiger partial charge >= 0.3 is 0 Å². The lowest BCUT2D eigenvalue weighted by Crippen LogP contribution is -2.40. The van der Waals surface area contributed by atoms with Crippen molar-refractivity contribution in [2.45, 2.75) is 23.8 Å². The number of hydrogen-bond donors (Lipinski definition) is 1. The molecule has 0 aromatic heterocycles. The van der Waals surface area contributed by atoms with Crippen molar-refractivity contribution in [1.82, 2.24) is 4.31 Å². The zero-order chi connectivity index (χ0) is 14.0. The number of nitrogens with two attached hydrogens (primary N) is 1. The molecule has 1 heterocycles. The van der Waals surface area contributed by atoms with Crippen molar-refractivity contribution >= 4 is 15.7 Å². The molecule has 0 saturated carbocycles. The summed E-state index contributed by atoms with van der Waals surface area (Å²) >= 11 is 0. The first-order chi connectivity index (χ1) is 8.93. The van der Waals surface area contributed by atoms with Crippen LogP contribution in [0.2, 0.25) is 0 Å². The van der Waals surface area contributed by atoms with Crippen LogP contribution >= 0.6 is 0 Å². The fourth-order valence-electron chi connectivity index (χ4n) is 2.08. The Morgan fingerprint density at radius 2 is 2.00 bits per heavy atom. The molecule has 1 saturated heterocycles. The number of benzene rings is 1. The molecular formula is C12H17FN2O3S. The lowest BCUT2D eigenvalue weighted by atomic mass is 10.1. The summed E-state index contributed by atoms with van der Waals surface area (Å²) in [4.78, 5) is -0.0757. The van der Waals surface area contributed by atoms with Crippen LogP contribution in [0, 0.1) is 5.82 Å². The van der Waals surface area contributed by atoms with Gasteiger partial charge in [-0.05, 0) is 31.0 Å². The molecule has 5 nitrogen and oxygen atoms in total. The molecule has 7 heteroatoms. The number of halogens is 1. The predicted octanol–water partition coefficient (Wildman–Crippen LogP) is 1.21. The maximum atomic E-state index is 13.4. The first-order valence-electron chi connectivity index (χ1n) is 6.03. The lowest BCUT2D eigenvalue weighted by molar-refractivity contribution is 0.0632. The fourth-order valence-corrected chi connectivity index (χ4v) is 3.51. The van der Waals surface area contributed by atoms with Gasteiger partial charge in [0.2, 0.25) is 10.0 Å². The molecule has 0 atom stereocenters. The Kier molecular flexibility index (Phi) is 4.07. The van der Waals surface area contributed by atoms with Crippen molar-refractivity contribution in [3.63, 3.8) is 0 Å². The Bertz CT molecular complexity index is 556. The largest absolute Gasteiger partial charge is 0.396 e. The third-order valence-electron chi connectivity index (χ3n) is 3.35. The monoisotopic (exact) mass is 288 g/mol. The molecule has 0 bridgehead atoms. The first kappa shape index (κ1) is 14.2. The van der Waals surface area contributed by atoms with E-state index in [-0.39, 0.29) is 16.6 Å². The number of hydrogen-bond acceptors (Lipinski definition) is 4. The van der Waals surface area contributed by atoms with E-state index in [0.717, 1.165) is 6.07 Å². The first-order valence-corrected chi connectivity index (χ1v) is 7.48. The number of ether oxygens (including phenoxy) is 1. The van der Waals surface area contributed by atoms with E-state index in [1.54, 1.807) is 0 Å². The maximum absolute atomic E-state index is 13.4. The summed E-state index contributed by atoms with van der Waals surface area (Å²) in [6, 6.07) is 3.43. The number of sulfonamides is 1. The summed E-state index contributed by atoms with van der Waals surface area (Å²) in [7, 11) is -2.18. The van der Waals surface area contributed by atoms with Crippen molar-refractivity contribution in [2.24, 2.45) is 0 Å². The molecule has 0 aliphatic carbocycles. The smallest absolute Gasteiger partial charge is 0.243 e. The summed E-state index contributed by atoms with van der Waals surface area (Å²) < 4.78 is 44.6. The Hall–Kier alpha value is -1.18. The Morgan fingerprint density at radius 3 is 2.58 bits per heavy atom. The predicted molar refractivity (Wildman–Crippen MR) is 69.6 cm³/mol. The molecule has 0 radical (unpaired) electrons. The fraction of sp³-hybridized carbons (Fsp3) is 0.500. The van der Waals surface area contributed by atoms with E-state index in [2.05, 4.69) is 0 Å². The van der Waals surface area contributed by atoms with Crippen LogP contribution in [0.5, 0.6) is 0 Å². The van der Waals surface area contributed by atoms with E-state index >= 15 is 0 Å². The molecule has 1 fully saturated rings. The summed E-state index contributed by atoms with van der Waals surface area (Å²) in [5, 5.41) is 0. The summed E-state index contributed by atoms with van der Waals surface area (Å²) in [6.45, 7) is 1.08. The zero-order valence-electron chi connectivity index (χ0n) is 10.7. The van der Waals surface area contributed by atoms with Gasteiger partial charge in [0.05, 0.1) is 10.6 Å². The van der Waals surface area contributed by atoms with Crippen molar-refractivity contribution in [3.05, 3.63) is 24.0 Å². The molecule has 1 aliphatic rings. The van der Waals surface area contributed by atoms with Gasteiger partial charge in [0, 0.05) is 26.3 Å². The SMILES string of the molecule is CN(C1CCOCC1)S(=O)(=O)c1ccc(N)c(F)c1.